The summed E-state index contributed by atoms with van der Waals surface area (Å²) in [5.41, 5.74) is 7.77. The van der Waals surface area contributed by atoms with E-state index in [9.17, 15) is 9.59 Å². The molecule has 0 radical (unpaired) electrons. The second-order valence-electron chi connectivity index (χ2n) is 8.28. The van der Waals surface area contributed by atoms with Gasteiger partial charge >= 0.3 is 5.97 Å². The number of carbonyl (C=O) groups is 1. The minimum Gasteiger partial charge on any atom is -0.478 e. The molecule has 39 heavy (non-hydrogen) atoms. The van der Waals surface area contributed by atoms with Gasteiger partial charge in [0, 0.05) is 19.2 Å². The monoisotopic (exact) mass is 537 g/mol. The Bertz CT molecular complexity index is 1810. The zero-order valence-electron chi connectivity index (χ0n) is 20.3. The number of nitrogen functional groups attached to an aromatic ring is 1. The van der Waals surface area contributed by atoms with Crippen LogP contribution < -0.4 is 16.6 Å². The van der Waals surface area contributed by atoms with Crippen LogP contribution in [0.3, 0.4) is 0 Å². The normalized spacial score (nSPS) is 10.6. The lowest BCUT2D eigenvalue weighted by atomic mass is 10.2. The second kappa shape index (κ2) is 11.0. The molecule has 0 aliphatic heterocycles. The molecule has 4 N–H and O–H groups in total. The predicted molar refractivity (Wildman–Crippen MR) is 148 cm³/mol. The molecule has 0 saturated carbocycles. The summed E-state index contributed by atoms with van der Waals surface area (Å²) in [4.78, 5) is 41.6. The maximum absolute atomic E-state index is 13.5. The van der Waals surface area contributed by atoms with E-state index in [1.165, 1.54) is 24.7 Å². The molecule has 0 fully saturated rings. The van der Waals surface area contributed by atoms with Crippen LogP contribution in [0.25, 0.3) is 16.6 Å². The lowest BCUT2D eigenvalue weighted by Gasteiger charge is -2.15. The van der Waals surface area contributed by atoms with Crippen LogP contribution in [0.15, 0.2) is 78.0 Å². The fraction of sp³-hybridized carbons (Fsp3) is 0.0714. The number of rotatable bonds is 6. The third kappa shape index (κ3) is 5.39. The summed E-state index contributed by atoms with van der Waals surface area (Å²) in [5, 5.41) is 12.9. The molecule has 0 aliphatic rings. The van der Waals surface area contributed by atoms with Crippen molar-refractivity contribution < 1.29 is 9.90 Å². The lowest BCUT2D eigenvalue weighted by Crippen LogP contribution is -2.25. The van der Waals surface area contributed by atoms with Gasteiger partial charge in [0.25, 0.3) is 5.56 Å². The van der Waals surface area contributed by atoms with E-state index in [0.29, 0.717) is 57.5 Å². The molecular weight excluding hydrogens is 518 g/mol. The van der Waals surface area contributed by atoms with Gasteiger partial charge in [-0.05, 0) is 42.3 Å². The highest BCUT2D eigenvalue weighted by Crippen LogP contribution is 2.21. The van der Waals surface area contributed by atoms with Crippen molar-refractivity contribution >= 4 is 40.1 Å². The minimum absolute atomic E-state index is 0.0593. The van der Waals surface area contributed by atoms with Gasteiger partial charge in [-0.25, -0.2) is 24.7 Å². The summed E-state index contributed by atoms with van der Waals surface area (Å²) >= 11 is 6.35. The van der Waals surface area contributed by atoms with E-state index < -0.39 is 5.97 Å². The van der Waals surface area contributed by atoms with Gasteiger partial charge in [0.15, 0.2) is 0 Å². The molecule has 0 aliphatic carbocycles. The Labute approximate surface area is 227 Å². The van der Waals surface area contributed by atoms with E-state index in [4.69, 9.17) is 27.4 Å². The topological polar surface area (TPSA) is 149 Å². The second-order valence-corrected chi connectivity index (χ2v) is 8.69. The number of nitrogens with zero attached hydrogens (tertiary/aromatic N) is 5. The Kier molecular flexibility index (Phi) is 7.16. The van der Waals surface area contributed by atoms with Crippen molar-refractivity contribution in [2.75, 3.05) is 17.6 Å². The Morgan fingerprint density at radius 2 is 1.85 bits per heavy atom. The number of fused-ring (bicyclic) bond motifs is 1. The van der Waals surface area contributed by atoms with E-state index >= 15 is 0 Å². The average molecular weight is 538 g/mol. The summed E-state index contributed by atoms with van der Waals surface area (Å²) in [6.07, 6.45) is 2.91. The maximum atomic E-state index is 13.5. The summed E-state index contributed by atoms with van der Waals surface area (Å²) < 4.78 is 1.55. The minimum atomic E-state index is -1.07. The molecule has 3 heterocycles. The van der Waals surface area contributed by atoms with E-state index in [1.807, 2.05) is 30.3 Å². The number of hydrogen-bond donors (Lipinski definition) is 3. The Morgan fingerprint density at radius 3 is 2.59 bits per heavy atom. The highest BCUT2D eigenvalue weighted by Gasteiger charge is 2.15. The van der Waals surface area contributed by atoms with E-state index in [0.717, 1.165) is 0 Å². The molecule has 0 saturated heterocycles. The van der Waals surface area contributed by atoms with Gasteiger partial charge in [0.05, 0.1) is 27.2 Å². The third-order valence-electron chi connectivity index (χ3n) is 5.77. The predicted octanol–water partition coefficient (Wildman–Crippen LogP) is 3.56. The van der Waals surface area contributed by atoms with Crippen molar-refractivity contribution in [1.29, 1.82) is 0 Å². The van der Waals surface area contributed by atoms with Crippen LogP contribution in [-0.4, -0.2) is 42.1 Å². The highest BCUT2D eigenvalue weighted by atomic mass is 35.5. The van der Waals surface area contributed by atoms with Crippen molar-refractivity contribution in [3.05, 3.63) is 111 Å². The molecule has 0 amide bonds. The molecule has 3 aromatic heterocycles. The Hall–Kier alpha value is -5.27. The van der Waals surface area contributed by atoms with Gasteiger partial charge < -0.3 is 16.2 Å². The van der Waals surface area contributed by atoms with Crippen molar-refractivity contribution in [2.45, 2.75) is 6.42 Å². The van der Waals surface area contributed by atoms with E-state index in [-0.39, 0.29) is 16.9 Å². The fourth-order valence-electron chi connectivity index (χ4n) is 3.92. The van der Waals surface area contributed by atoms with Gasteiger partial charge in [-0.2, -0.15) is 0 Å². The van der Waals surface area contributed by atoms with Gasteiger partial charge in [0.2, 0.25) is 0 Å². The van der Waals surface area contributed by atoms with Crippen LogP contribution in [-0.2, 0) is 6.42 Å². The van der Waals surface area contributed by atoms with Crippen LogP contribution in [0.2, 0.25) is 5.02 Å². The molecule has 0 spiro atoms. The Morgan fingerprint density at radius 1 is 1.03 bits per heavy atom. The smallest absolute Gasteiger partial charge is 0.337 e. The zero-order valence-corrected chi connectivity index (χ0v) is 21.1. The van der Waals surface area contributed by atoms with Gasteiger partial charge in [-0.3, -0.25) is 9.36 Å². The fourth-order valence-corrected chi connectivity index (χ4v) is 4.17. The standard InChI is InChI=1S/C28H20ClN7O3/c29-21-7-4-8-22-24(21)27(37)36(19-5-2-1-3-6-19)23(35-22)13-14-31-26-20(25(30)33-16-34-26)12-11-18-10-9-17(15-32-18)28(38)39/h1-10,15-16H,13-14H2,(H,38,39)(H3,30,31,33,34). The molecule has 0 bridgehead atoms. The van der Waals surface area contributed by atoms with Gasteiger partial charge in [-0.15, -0.1) is 0 Å². The number of nitrogens with two attached hydrogens (primary N) is 1. The SMILES string of the molecule is Nc1ncnc(NCCc2nc3cccc(Cl)c3c(=O)n2-c2ccccc2)c1C#Cc1ccc(C(=O)O)cn1. The largest absolute Gasteiger partial charge is 0.478 e. The number of anilines is 2. The number of carboxylic acid groups (broad SMARTS) is 1. The summed E-state index contributed by atoms with van der Waals surface area (Å²) in [6, 6.07) is 17.3. The molecule has 192 valence electrons. The van der Waals surface area contributed by atoms with Gasteiger partial charge in [0.1, 0.15) is 35.0 Å². The number of hydrogen-bond acceptors (Lipinski definition) is 8. The number of carboxylic acids is 1. The molecule has 11 heteroatoms. The first-order valence-electron chi connectivity index (χ1n) is 11.7. The van der Waals surface area contributed by atoms with Crippen LogP contribution in [0.1, 0.15) is 27.4 Å². The third-order valence-corrected chi connectivity index (χ3v) is 6.09. The molecule has 0 atom stereocenters. The average Bonchev–Trinajstić information content (AvgIpc) is 2.93. The van der Waals surface area contributed by atoms with E-state index in [2.05, 4.69) is 32.1 Å². The number of nitrogens with one attached hydrogen (secondary N) is 1. The highest BCUT2D eigenvalue weighted by molar-refractivity contribution is 6.35. The van der Waals surface area contributed by atoms with Crippen LogP contribution in [0.4, 0.5) is 11.6 Å². The number of para-hydroxylation sites is 1. The summed E-state index contributed by atoms with van der Waals surface area (Å²) in [7, 11) is 0. The van der Waals surface area contributed by atoms with Crippen molar-refractivity contribution in [3.63, 3.8) is 0 Å². The Balaban J connectivity index is 1.44. The van der Waals surface area contributed by atoms with Gasteiger partial charge in [-0.1, -0.05) is 41.8 Å². The number of aromatic carboxylic acids is 1. The van der Waals surface area contributed by atoms with Crippen molar-refractivity contribution in [1.82, 2.24) is 24.5 Å². The quantitative estimate of drug-likeness (QED) is 0.276. The molecule has 2 aromatic carbocycles. The number of aromatic nitrogens is 5. The lowest BCUT2D eigenvalue weighted by molar-refractivity contribution is 0.0696. The summed E-state index contributed by atoms with van der Waals surface area (Å²) in [5.74, 6) is 5.80. The zero-order chi connectivity index (χ0) is 27.4. The van der Waals surface area contributed by atoms with Crippen molar-refractivity contribution in [2.24, 2.45) is 0 Å². The maximum Gasteiger partial charge on any atom is 0.337 e. The molecular formula is C28H20ClN7O3. The first-order valence-corrected chi connectivity index (χ1v) is 12.1. The summed E-state index contributed by atoms with van der Waals surface area (Å²) in [6.45, 7) is 0.349. The van der Waals surface area contributed by atoms with E-state index in [1.54, 1.807) is 22.8 Å². The number of benzene rings is 2. The number of halogens is 1. The number of pyridine rings is 1. The molecule has 10 nitrogen and oxygen atoms in total. The van der Waals surface area contributed by atoms with Crippen molar-refractivity contribution in [3.8, 4) is 17.5 Å². The molecule has 0 unspecified atom stereocenters. The van der Waals surface area contributed by atoms with Crippen LogP contribution in [0, 0.1) is 11.8 Å². The first kappa shape index (κ1) is 25.4. The van der Waals surface area contributed by atoms with Crippen LogP contribution >= 0.6 is 11.6 Å². The molecule has 5 aromatic rings. The molecule has 5 rings (SSSR count). The first-order chi connectivity index (χ1) is 18.9. The van der Waals surface area contributed by atoms with Crippen LogP contribution in [0.5, 0.6) is 0 Å².